The molecular formula is C58H113N31O12. The molecule has 0 radical (unpaired) electrons. The number of rotatable bonds is 53. The van der Waals surface area contributed by atoms with E-state index in [1.165, 1.54) is 0 Å². The zero-order valence-corrected chi connectivity index (χ0v) is 57.5. The van der Waals surface area contributed by atoms with E-state index in [1.807, 2.05) is 0 Å². The zero-order chi connectivity index (χ0) is 76.0. The number of primary amides is 1. The van der Waals surface area contributed by atoms with Gasteiger partial charge in [-0.05, 0) is 148 Å². The first-order valence-corrected chi connectivity index (χ1v) is 33.5. The van der Waals surface area contributed by atoms with E-state index in [2.05, 4.69) is 72.5 Å². The fourth-order valence-corrected chi connectivity index (χ4v) is 10.3. The van der Waals surface area contributed by atoms with Gasteiger partial charge >= 0.3 is 5.97 Å². The van der Waals surface area contributed by atoms with Gasteiger partial charge in [0.2, 0.25) is 59.1 Å². The molecule has 1 heterocycles. The summed E-state index contributed by atoms with van der Waals surface area (Å²) in [6.45, 7) is 0.527. The number of nitrogens with one attached hydrogen (secondary N) is 8. The van der Waals surface area contributed by atoms with Crippen LogP contribution < -0.4 is 134 Å². The van der Waals surface area contributed by atoms with Crippen molar-refractivity contribution in [3.8, 4) is 0 Å². The van der Waals surface area contributed by atoms with Gasteiger partial charge in [0.25, 0.3) is 0 Å². The van der Waals surface area contributed by atoms with Crippen molar-refractivity contribution in [1.82, 2.24) is 47.4 Å². The van der Waals surface area contributed by atoms with Crippen molar-refractivity contribution in [1.29, 1.82) is 0 Å². The van der Waals surface area contributed by atoms with Crippen LogP contribution in [0.4, 0.5) is 0 Å². The zero-order valence-electron chi connectivity index (χ0n) is 57.5. The highest BCUT2D eigenvalue weighted by Gasteiger charge is 2.40. The van der Waals surface area contributed by atoms with E-state index in [4.69, 9.17) is 91.7 Å². The topological polar surface area (TPSA) is 798 Å². The van der Waals surface area contributed by atoms with E-state index >= 15 is 0 Å². The number of carboxylic acids is 1. The van der Waals surface area contributed by atoms with E-state index < -0.39 is 138 Å². The molecule has 10 atom stereocenters. The Balaban J connectivity index is 3.92. The minimum atomic E-state index is -1.71. The molecule has 1 aliphatic heterocycles. The van der Waals surface area contributed by atoms with Gasteiger partial charge in [-0.15, -0.1) is 0 Å². The average Bonchev–Trinajstić information content (AvgIpc) is 1.78. The Labute approximate surface area is 586 Å². The van der Waals surface area contributed by atoms with E-state index in [0.29, 0.717) is 38.5 Å². The summed E-state index contributed by atoms with van der Waals surface area (Å²) < 4.78 is 0. The fraction of sp³-hybridized carbons (Fsp3) is 0.707. The summed E-state index contributed by atoms with van der Waals surface area (Å²) >= 11 is 0. The Hall–Kier alpha value is -10.3. The molecule has 0 aromatic heterocycles. The van der Waals surface area contributed by atoms with Gasteiger partial charge in [-0.25, -0.2) is 4.79 Å². The summed E-state index contributed by atoms with van der Waals surface area (Å²) in [5, 5.41) is 31.0. The minimum Gasteiger partial charge on any atom is -0.480 e. The third kappa shape index (κ3) is 39.2. The molecule has 0 spiro atoms. The number of carbonyl (C=O) groups excluding carboxylic acids is 10. The number of aliphatic imine (C=N–C) groups is 6. The number of unbranched alkanes of at least 4 members (excludes halogenated alkanes) is 2. The van der Waals surface area contributed by atoms with Crippen molar-refractivity contribution in [3.05, 3.63) is 0 Å². The van der Waals surface area contributed by atoms with Crippen LogP contribution >= 0.6 is 0 Å². The Morgan fingerprint density at radius 2 is 0.594 bits per heavy atom. The maximum absolute atomic E-state index is 14.7. The van der Waals surface area contributed by atoms with Crippen molar-refractivity contribution in [3.63, 3.8) is 0 Å². The maximum Gasteiger partial charge on any atom is 0.326 e. The van der Waals surface area contributed by atoms with Crippen LogP contribution in [0, 0.1) is 0 Å². The summed E-state index contributed by atoms with van der Waals surface area (Å²) in [6.07, 6.45) is 0.977. The molecule has 0 aromatic rings. The van der Waals surface area contributed by atoms with Crippen LogP contribution in [0.2, 0.25) is 0 Å². The highest BCUT2D eigenvalue weighted by molar-refractivity contribution is 5.99. The summed E-state index contributed by atoms with van der Waals surface area (Å²) in [7, 11) is 0. The third-order valence-electron chi connectivity index (χ3n) is 15.5. The maximum atomic E-state index is 14.7. The molecule has 1 rings (SSSR count). The lowest BCUT2D eigenvalue weighted by Crippen LogP contribution is -2.60. The van der Waals surface area contributed by atoms with E-state index in [0.717, 1.165) is 4.90 Å². The van der Waals surface area contributed by atoms with Crippen LogP contribution in [0.25, 0.3) is 0 Å². The lowest BCUT2D eigenvalue weighted by molar-refractivity contribution is -0.149. The van der Waals surface area contributed by atoms with Crippen molar-refractivity contribution in [2.75, 3.05) is 58.9 Å². The Kier molecular flexibility index (Phi) is 44.0. The van der Waals surface area contributed by atoms with Crippen molar-refractivity contribution in [2.45, 2.75) is 202 Å². The second-order valence-corrected chi connectivity index (χ2v) is 23.9. The van der Waals surface area contributed by atoms with Gasteiger partial charge in [-0.1, -0.05) is 0 Å². The van der Waals surface area contributed by atoms with Crippen LogP contribution in [-0.2, 0) is 52.7 Å². The molecule has 0 aliphatic carbocycles. The molecule has 0 unspecified atom stereocenters. The van der Waals surface area contributed by atoms with Gasteiger partial charge < -0.3 is 144 Å². The summed E-state index contributed by atoms with van der Waals surface area (Å²) in [6, 6.07) is -14.1. The molecule has 572 valence electrons. The quantitative estimate of drug-likeness (QED) is 0.0153. The molecule has 10 amide bonds. The van der Waals surface area contributed by atoms with E-state index in [-0.39, 0.29) is 185 Å². The molecule has 0 bridgehead atoms. The second kappa shape index (κ2) is 50.1. The van der Waals surface area contributed by atoms with E-state index in [9.17, 15) is 57.8 Å². The molecule has 1 aliphatic rings. The number of hydrogen-bond donors (Lipinski definition) is 25. The smallest absolute Gasteiger partial charge is 0.326 e. The number of carboxylic acid groups (broad SMARTS) is 1. The van der Waals surface area contributed by atoms with Crippen LogP contribution in [0.1, 0.15) is 141 Å². The van der Waals surface area contributed by atoms with Crippen molar-refractivity contribution in [2.24, 2.45) is 122 Å². The van der Waals surface area contributed by atoms with Crippen LogP contribution in [0.15, 0.2) is 30.0 Å². The Morgan fingerprint density at radius 1 is 0.347 bits per heavy atom. The highest BCUT2D eigenvalue weighted by Crippen LogP contribution is 2.20. The number of carbonyl (C=O) groups is 11. The van der Waals surface area contributed by atoms with Crippen molar-refractivity contribution < 1.29 is 57.8 Å². The summed E-state index contributed by atoms with van der Waals surface area (Å²) in [4.78, 5) is 179. The van der Waals surface area contributed by atoms with Gasteiger partial charge in [-0.2, -0.15) is 0 Å². The molecule has 1 fully saturated rings. The minimum absolute atomic E-state index is 0.00372. The van der Waals surface area contributed by atoms with Crippen LogP contribution in [-0.4, -0.2) is 230 Å². The number of nitrogens with two attached hydrogens (primary N) is 16. The molecule has 41 N–H and O–H groups in total. The predicted molar refractivity (Wildman–Crippen MR) is 379 cm³/mol. The number of hydrogen-bond acceptors (Lipinski definition) is 20. The standard InChI is InChI=1S/C58H113N31O12/c59-23-3-1-13-33(81-43(91)32(61)12-5-25-75-53(63)64)44(92)82-34(14-2-4-24-60)45(93)83-35(15-6-26-76-54(65)66)46(94)84-37(17-8-28-78-56(69)70)48(96)87-39(21-22-42(62)90)50(98)86-36(16-7-27-77-55(67)68)47(95)85-38(18-9-29-79-57(71)72)49(97)88-40(19-10-30-80-58(73)74)51(99)89-31-11-20-41(89)52(100)101/h32-41H,1-31,59-61H2,(H2,62,90)(H,81,91)(H,82,92)(H,83,93)(H,84,94)(H,85,95)(H,86,98)(H,87,96)(H,88,97)(H,100,101)(H4,63,64,75)(H4,65,66,76)(H4,67,68,77)(H4,69,70,78)(H4,71,72,79)(H4,73,74,80)/t32-,33-,34-,35-,36-,37-,38-,39-,40-,41-/m0/s1. The van der Waals surface area contributed by atoms with E-state index in [1.54, 1.807) is 0 Å². The monoisotopic (exact) mass is 1440 g/mol. The summed E-state index contributed by atoms with van der Waals surface area (Å²) in [5.74, 6) is -11.8. The SMILES string of the molecule is NCCCC[C@H](NC(=O)[C@H](CCCCN)NC(=O)[C@@H](N)CCCN=C(N)N)C(=O)N[C@@H](CCCN=C(N)N)C(=O)N[C@@H](CCCN=C(N)N)C(=O)N[C@@H](CCC(N)=O)C(=O)N[C@@H](CCCN=C(N)N)C(=O)N[C@@H](CCCN=C(N)N)C(=O)N[C@@H](CCCN=C(N)N)C(=O)N1CCC[C@H]1C(=O)O. The van der Waals surface area contributed by atoms with Gasteiger partial charge in [0.15, 0.2) is 35.8 Å². The van der Waals surface area contributed by atoms with Gasteiger partial charge in [-0.3, -0.25) is 77.9 Å². The lowest BCUT2D eigenvalue weighted by atomic mass is 10.0. The lowest BCUT2D eigenvalue weighted by Gasteiger charge is -2.29. The third-order valence-corrected chi connectivity index (χ3v) is 15.5. The molecular weight excluding hydrogens is 1320 g/mol. The fourth-order valence-electron chi connectivity index (χ4n) is 10.3. The number of amides is 10. The number of likely N-dealkylation sites (tertiary alicyclic amines) is 1. The second-order valence-electron chi connectivity index (χ2n) is 23.9. The molecule has 0 saturated carbocycles. The first-order valence-electron chi connectivity index (χ1n) is 33.5. The summed E-state index contributed by atoms with van der Waals surface area (Å²) in [5.41, 5.74) is 89.7. The Bertz CT molecular complexity index is 2840. The average molecular weight is 1440 g/mol. The van der Waals surface area contributed by atoms with Crippen LogP contribution in [0.5, 0.6) is 0 Å². The highest BCUT2D eigenvalue weighted by atomic mass is 16.4. The first-order chi connectivity index (χ1) is 47.8. The normalized spacial score (nSPS) is 15.0. The molecule has 43 heteroatoms. The molecule has 101 heavy (non-hydrogen) atoms. The van der Waals surface area contributed by atoms with Gasteiger partial charge in [0.1, 0.15) is 54.4 Å². The van der Waals surface area contributed by atoms with Crippen LogP contribution in [0.3, 0.4) is 0 Å². The molecule has 43 nitrogen and oxygen atoms in total. The largest absolute Gasteiger partial charge is 0.480 e. The molecule has 0 aromatic carbocycles. The van der Waals surface area contributed by atoms with Gasteiger partial charge in [0.05, 0.1) is 6.04 Å². The number of aliphatic carboxylic acids is 1. The molecule has 1 saturated heterocycles. The number of guanidine groups is 6. The predicted octanol–water partition coefficient (Wildman–Crippen LogP) is -10.9. The van der Waals surface area contributed by atoms with Gasteiger partial charge in [0, 0.05) is 52.2 Å². The van der Waals surface area contributed by atoms with Crippen molar-refractivity contribution >= 4 is 101 Å². The first kappa shape index (κ1) is 88.7. The number of nitrogens with zero attached hydrogens (tertiary/aromatic N) is 7. The Morgan fingerprint density at radius 3 is 0.861 bits per heavy atom.